The topological polar surface area (TPSA) is 16.4 Å². The van der Waals surface area contributed by atoms with Crippen molar-refractivity contribution in [3.05, 3.63) is 237 Å². The van der Waals surface area contributed by atoms with Crippen LogP contribution in [0.2, 0.25) is 0 Å². The Hall–Kier alpha value is -8.20. The molecule has 0 aliphatic carbocycles. The van der Waals surface area contributed by atoms with Gasteiger partial charge in [-0.25, -0.2) is 0 Å². The Morgan fingerprint density at radius 2 is 0.790 bits per heavy atom. The van der Waals surface area contributed by atoms with Gasteiger partial charge in [0.05, 0.1) is 0 Å². The summed E-state index contributed by atoms with van der Waals surface area (Å²) in [6, 6.07) is 85.5. The van der Waals surface area contributed by atoms with Crippen molar-refractivity contribution in [1.29, 1.82) is 0 Å². The number of anilines is 3. The average Bonchev–Trinajstić information content (AvgIpc) is 3.73. The number of benzene rings is 11. The van der Waals surface area contributed by atoms with Crippen LogP contribution in [-0.2, 0) is 0 Å². The highest BCUT2D eigenvalue weighted by Gasteiger charge is 2.17. The molecule has 0 aliphatic heterocycles. The highest BCUT2D eigenvalue weighted by Crippen LogP contribution is 2.41. The molecule has 12 aromatic rings. The quantitative estimate of drug-likeness (QED) is 0.150. The lowest BCUT2D eigenvalue weighted by Crippen LogP contribution is -2.10. The smallest absolute Gasteiger partial charge is 0.136 e. The van der Waals surface area contributed by atoms with Crippen LogP contribution in [0.15, 0.2) is 241 Å². The molecular formula is C60H39NO. The van der Waals surface area contributed by atoms with Crippen LogP contribution >= 0.6 is 0 Å². The summed E-state index contributed by atoms with van der Waals surface area (Å²) in [4.78, 5) is 2.36. The van der Waals surface area contributed by atoms with Crippen molar-refractivity contribution in [1.82, 2.24) is 0 Å². The maximum atomic E-state index is 6.25. The van der Waals surface area contributed by atoms with E-state index < -0.39 is 0 Å². The molecule has 0 saturated carbocycles. The molecule has 1 aromatic heterocycles. The van der Waals surface area contributed by atoms with Gasteiger partial charge in [-0.05, 0) is 131 Å². The normalized spacial score (nSPS) is 11.5. The van der Waals surface area contributed by atoms with E-state index in [-0.39, 0.29) is 0 Å². The molecule has 0 atom stereocenters. The van der Waals surface area contributed by atoms with Gasteiger partial charge in [-0.3, -0.25) is 0 Å². The second kappa shape index (κ2) is 14.8. The first kappa shape index (κ1) is 35.7. The largest absolute Gasteiger partial charge is 0.456 e. The standard InChI is InChI=1S/C60H39NO/c1-2-12-46-38-48(27-24-40(46)10-1)47-13-7-14-51(39-47)61(50-35-30-45(31-36-50)54-18-9-21-59-60(54)57-16-5-6-20-58(57)62-59)49-33-28-42(29-34-49)41-22-25-44(26-23-41)53-17-8-19-55-52-15-4-3-11-43(52)32-37-56(53)55/h1-39H. The van der Waals surface area contributed by atoms with E-state index in [9.17, 15) is 0 Å². The van der Waals surface area contributed by atoms with E-state index in [0.717, 1.165) is 50.1 Å². The summed E-state index contributed by atoms with van der Waals surface area (Å²) in [5, 5.41) is 9.86. The first-order valence-corrected chi connectivity index (χ1v) is 21.2. The van der Waals surface area contributed by atoms with Gasteiger partial charge in [0, 0.05) is 27.8 Å². The molecule has 2 heteroatoms. The zero-order valence-electron chi connectivity index (χ0n) is 33.9. The number of para-hydroxylation sites is 1. The third-order valence-electron chi connectivity index (χ3n) is 12.5. The third-order valence-corrected chi connectivity index (χ3v) is 12.5. The fourth-order valence-electron chi connectivity index (χ4n) is 9.38. The highest BCUT2D eigenvalue weighted by atomic mass is 16.3. The van der Waals surface area contributed by atoms with Crippen LogP contribution in [0.5, 0.6) is 0 Å². The lowest BCUT2D eigenvalue weighted by molar-refractivity contribution is 0.669. The highest BCUT2D eigenvalue weighted by molar-refractivity contribution is 6.13. The van der Waals surface area contributed by atoms with Crippen LogP contribution in [0.4, 0.5) is 17.1 Å². The van der Waals surface area contributed by atoms with Gasteiger partial charge in [-0.2, -0.15) is 0 Å². The van der Waals surface area contributed by atoms with Gasteiger partial charge in [-0.15, -0.1) is 0 Å². The van der Waals surface area contributed by atoms with Crippen LogP contribution in [0.25, 0.3) is 98.8 Å². The van der Waals surface area contributed by atoms with Gasteiger partial charge < -0.3 is 9.32 Å². The summed E-state index contributed by atoms with van der Waals surface area (Å²) in [6.45, 7) is 0. The molecule has 0 spiro atoms. The summed E-state index contributed by atoms with van der Waals surface area (Å²) in [5.74, 6) is 0. The number of hydrogen-bond donors (Lipinski definition) is 0. The minimum Gasteiger partial charge on any atom is -0.456 e. The molecule has 12 rings (SSSR count). The van der Waals surface area contributed by atoms with Gasteiger partial charge in [0.1, 0.15) is 11.2 Å². The van der Waals surface area contributed by atoms with E-state index in [4.69, 9.17) is 4.42 Å². The molecule has 290 valence electrons. The lowest BCUT2D eigenvalue weighted by Gasteiger charge is -2.26. The Morgan fingerprint density at radius 3 is 1.60 bits per heavy atom. The van der Waals surface area contributed by atoms with Gasteiger partial charge in [-0.1, -0.05) is 182 Å². The molecular weight excluding hydrogens is 751 g/mol. The molecule has 62 heavy (non-hydrogen) atoms. The van der Waals surface area contributed by atoms with Crippen LogP contribution < -0.4 is 4.90 Å². The molecule has 0 saturated heterocycles. The maximum Gasteiger partial charge on any atom is 0.136 e. The van der Waals surface area contributed by atoms with Crippen molar-refractivity contribution in [3.63, 3.8) is 0 Å². The van der Waals surface area contributed by atoms with E-state index >= 15 is 0 Å². The number of rotatable bonds is 7. The number of furan rings is 1. The Labute approximate surface area is 360 Å². The Balaban J connectivity index is 0.913. The molecule has 0 bridgehead atoms. The molecule has 0 unspecified atom stereocenters. The monoisotopic (exact) mass is 789 g/mol. The van der Waals surface area contributed by atoms with Crippen LogP contribution in [-0.4, -0.2) is 0 Å². The van der Waals surface area contributed by atoms with E-state index in [1.54, 1.807) is 0 Å². The van der Waals surface area contributed by atoms with Crippen LogP contribution in [0.1, 0.15) is 0 Å². The zero-order chi connectivity index (χ0) is 41.0. The minimum absolute atomic E-state index is 0.900. The Morgan fingerprint density at radius 1 is 0.258 bits per heavy atom. The molecule has 0 N–H and O–H groups in total. The van der Waals surface area contributed by atoms with Gasteiger partial charge in [0.15, 0.2) is 0 Å². The molecule has 0 amide bonds. The molecule has 2 nitrogen and oxygen atoms in total. The summed E-state index contributed by atoms with van der Waals surface area (Å²) in [6.07, 6.45) is 0. The molecule has 11 aromatic carbocycles. The van der Waals surface area contributed by atoms with E-state index in [2.05, 4.69) is 229 Å². The fourth-order valence-corrected chi connectivity index (χ4v) is 9.38. The predicted octanol–water partition coefficient (Wildman–Crippen LogP) is 17.2. The number of fused-ring (bicyclic) bond motifs is 7. The maximum absolute atomic E-state index is 6.25. The van der Waals surface area contributed by atoms with Crippen molar-refractivity contribution >= 4 is 71.3 Å². The van der Waals surface area contributed by atoms with Crippen LogP contribution in [0, 0.1) is 0 Å². The van der Waals surface area contributed by atoms with Crippen LogP contribution in [0.3, 0.4) is 0 Å². The molecule has 0 fully saturated rings. The summed E-state index contributed by atoms with van der Waals surface area (Å²) in [7, 11) is 0. The predicted molar refractivity (Wildman–Crippen MR) is 263 cm³/mol. The van der Waals surface area contributed by atoms with Gasteiger partial charge in [0.2, 0.25) is 0 Å². The Bertz CT molecular complexity index is 3620. The molecule has 0 aliphatic rings. The fraction of sp³-hybridized carbons (Fsp3) is 0. The number of nitrogens with zero attached hydrogens (tertiary/aromatic N) is 1. The van der Waals surface area contributed by atoms with E-state index in [0.29, 0.717) is 0 Å². The summed E-state index contributed by atoms with van der Waals surface area (Å²) >= 11 is 0. The zero-order valence-corrected chi connectivity index (χ0v) is 33.9. The second-order valence-electron chi connectivity index (χ2n) is 16.1. The van der Waals surface area contributed by atoms with E-state index in [1.807, 2.05) is 12.1 Å². The first-order valence-electron chi connectivity index (χ1n) is 21.2. The molecule has 0 radical (unpaired) electrons. The molecule has 1 heterocycles. The van der Waals surface area contributed by atoms with Crippen molar-refractivity contribution < 1.29 is 4.42 Å². The van der Waals surface area contributed by atoms with Crippen molar-refractivity contribution in [2.75, 3.05) is 4.90 Å². The lowest BCUT2D eigenvalue weighted by atomic mass is 9.93. The summed E-state index contributed by atoms with van der Waals surface area (Å²) in [5.41, 5.74) is 14.5. The van der Waals surface area contributed by atoms with Gasteiger partial charge >= 0.3 is 0 Å². The first-order chi connectivity index (χ1) is 30.7. The SMILES string of the molecule is c1cc(-c2ccc3ccccc3c2)cc(N(c2ccc(-c3ccc(-c4cccc5c4ccc4ccccc45)cc3)cc2)c2ccc(-c3cccc4oc5ccccc5c34)cc2)c1. The van der Waals surface area contributed by atoms with E-state index in [1.165, 1.54) is 65.7 Å². The van der Waals surface area contributed by atoms with Crippen molar-refractivity contribution in [3.8, 4) is 44.5 Å². The van der Waals surface area contributed by atoms with Crippen molar-refractivity contribution in [2.24, 2.45) is 0 Å². The van der Waals surface area contributed by atoms with Crippen molar-refractivity contribution in [2.45, 2.75) is 0 Å². The average molecular weight is 790 g/mol. The third kappa shape index (κ3) is 6.20. The second-order valence-corrected chi connectivity index (χ2v) is 16.1. The minimum atomic E-state index is 0.900. The number of hydrogen-bond acceptors (Lipinski definition) is 2. The Kier molecular flexibility index (Phi) is 8.53. The van der Waals surface area contributed by atoms with Gasteiger partial charge in [0.25, 0.3) is 0 Å². The summed E-state index contributed by atoms with van der Waals surface area (Å²) < 4.78 is 6.25.